The molecule has 0 N–H and O–H groups in total. The van der Waals surface area contributed by atoms with Crippen molar-refractivity contribution in [1.29, 1.82) is 0 Å². The summed E-state index contributed by atoms with van der Waals surface area (Å²) in [5.74, 6) is -3.77. The summed E-state index contributed by atoms with van der Waals surface area (Å²) in [7, 11) is 1.93. The highest BCUT2D eigenvalue weighted by Gasteiger charge is 2.48. The van der Waals surface area contributed by atoms with Gasteiger partial charge in [-0.05, 0) is 57.2 Å². The third-order valence-electron chi connectivity index (χ3n) is 10.4. The zero-order valence-corrected chi connectivity index (χ0v) is 28.6. The van der Waals surface area contributed by atoms with Crippen LogP contribution >= 0.6 is 0 Å². The summed E-state index contributed by atoms with van der Waals surface area (Å²) in [5.41, 5.74) is 4.14. The summed E-state index contributed by atoms with van der Waals surface area (Å²) in [4.78, 5) is 33.8. The van der Waals surface area contributed by atoms with E-state index in [1.165, 1.54) is 21.2 Å². The summed E-state index contributed by atoms with van der Waals surface area (Å²) < 4.78 is 47.4. The fourth-order valence-electron chi connectivity index (χ4n) is 7.61. The first-order valence-corrected chi connectivity index (χ1v) is 17.0. The molecule has 3 atom stereocenters. The third-order valence-corrected chi connectivity index (χ3v) is 10.4. The number of aryl methyl sites for hydroxylation is 1. The number of halogens is 3. The lowest BCUT2D eigenvalue weighted by atomic mass is 9.76. The minimum Gasteiger partial charge on any atom is -0.459 e. The van der Waals surface area contributed by atoms with Crippen LogP contribution in [0.25, 0.3) is 15.6 Å². The number of rotatable bonds is 10. The van der Waals surface area contributed by atoms with Crippen LogP contribution in [0.5, 0.6) is 6.01 Å². The number of aromatic nitrogens is 2. The number of amides is 1. The molecule has 6 rings (SSSR count). The Balaban J connectivity index is 1.29. The predicted molar refractivity (Wildman–Crippen MR) is 185 cm³/mol. The number of piperazine rings is 1. The molecule has 1 aromatic heterocycles. The molecular formula is C37H44F3N7O2. The molecule has 1 amide bonds. The van der Waals surface area contributed by atoms with E-state index in [1.807, 2.05) is 20.9 Å². The Kier molecular flexibility index (Phi) is 9.76. The van der Waals surface area contributed by atoms with E-state index in [-0.39, 0.29) is 50.0 Å². The lowest BCUT2D eigenvalue weighted by Crippen LogP contribution is -2.57. The van der Waals surface area contributed by atoms with Crippen LogP contribution in [0.3, 0.4) is 0 Å². The third kappa shape index (κ3) is 7.18. The summed E-state index contributed by atoms with van der Waals surface area (Å²) >= 11 is 0. The quantitative estimate of drug-likeness (QED) is 0.191. The Morgan fingerprint density at radius 3 is 2.57 bits per heavy atom. The maximum absolute atomic E-state index is 13.9. The standard InChI is InChI=1S/C37H44F3N7O2/c1-23-9-7-10-27-11-8-12-32(33(23)27)45-14-13-30-31(22-45)42-36(49-24(2)20-44(6)26(4)28-17-37(39,40)18-28)43-34(30)46-15-16-47(35(48)25(3)38)29(21-46)19-41-5/h7-12,24,26,28-29H,3,13-22H2,1-2,4,6H3/t24-,26+,29+/m1/s1. The first-order valence-electron chi connectivity index (χ1n) is 17.0. The van der Waals surface area contributed by atoms with Gasteiger partial charge in [-0.25, -0.2) is 19.7 Å². The van der Waals surface area contributed by atoms with Gasteiger partial charge in [-0.15, -0.1) is 0 Å². The molecule has 9 nitrogen and oxygen atoms in total. The fourth-order valence-corrected chi connectivity index (χ4v) is 7.61. The smallest absolute Gasteiger partial charge is 0.318 e. The molecule has 260 valence electrons. The Morgan fingerprint density at radius 2 is 1.88 bits per heavy atom. The van der Waals surface area contributed by atoms with E-state index in [2.05, 4.69) is 69.4 Å². The van der Waals surface area contributed by atoms with Gasteiger partial charge >= 0.3 is 6.01 Å². The number of likely N-dealkylation sites (N-methyl/N-ethyl adjacent to an activating group) is 1. The van der Waals surface area contributed by atoms with Crippen molar-refractivity contribution in [3.8, 4) is 6.01 Å². The van der Waals surface area contributed by atoms with E-state index in [1.54, 1.807) is 0 Å². The van der Waals surface area contributed by atoms with Gasteiger partial charge in [-0.2, -0.15) is 9.97 Å². The molecule has 3 aromatic rings. The molecule has 2 fully saturated rings. The van der Waals surface area contributed by atoms with Crippen LogP contribution < -0.4 is 14.5 Å². The highest BCUT2D eigenvalue weighted by atomic mass is 19.3. The molecule has 0 unspecified atom stereocenters. The number of nitrogens with zero attached hydrogens (tertiary/aromatic N) is 7. The van der Waals surface area contributed by atoms with Gasteiger partial charge in [0.15, 0.2) is 5.83 Å². The topological polar surface area (TPSA) is 69.4 Å². The average Bonchev–Trinajstić information content (AvgIpc) is 3.05. The summed E-state index contributed by atoms with van der Waals surface area (Å²) in [6.45, 7) is 19.4. The molecule has 1 aliphatic carbocycles. The number of carbonyl (C=O) groups excluding carboxylic acids is 1. The molecule has 2 aromatic carbocycles. The predicted octanol–water partition coefficient (Wildman–Crippen LogP) is 6.05. The van der Waals surface area contributed by atoms with E-state index in [0.717, 1.165) is 23.5 Å². The summed E-state index contributed by atoms with van der Waals surface area (Å²) in [6, 6.07) is 12.3. The Hall–Kier alpha value is -4.37. The monoisotopic (exact) mass is 675 g/mol. The number of fused-ring (bicyclic) bond motifs is 2. The summed E-state index contributed by atoms with van der Waals surface area (Å²) in [6.07, 6.45) is 0.150. The second-order valence-electron chi connectivity index (χ2n) is 13.9. The van der Waals surface area contributed by atoms with Crippen molar-refractivity contribution in [3.63, 3.8) is 0 Å². The fraction of sp³-hybridized carbons (Fsp3) is 0.514. The Labute approximate surface area is 286 Å². The minimum atomic E-state index is -2.57. The molecule has 3 heterocycles. The van der Waals surface area contributed by atoms with E-state index >= 15 is 0 Å². The van der Waals surface area contributed by atoms with Crippen molar-refractivity contribution in [2.45, 2.75) is 70.7 Å². The molecule has 1 saturated heterocycles. The second kappa shape index (κ2) is 13.9. The zero-order chi connectivity index (χ0) is 35.0. The van der Waals surface area contributed by atoms with Crippen LogP contribution in [-0.2, 0) is 17.8 Å². The largest absolute Gasteiger partial charge is 0.459 e. The van der Waals surface area contributed by atoms with Crippen LogP contribution in [-0.4, -0.2) is 96.1 Å². The summed E-state index contributed by atoms with van der Waals surface area (Å²) in [5, 5.41) is 2.37. The van der Waals surface area contributed by atoms with Crippen molar-refractivity contribution in [3.05, 3.63) is 77.0 Å². The van der Waals surface area contributed by atoms with Crippen molar-refractivity contribution in [2.24, 2.45) is 5.92 Å². The van der Waals surface area contributed by atoms with Crippen LogP contribution in [0.2, 0.25) is 0 Å². The normalized spacial score (nSPS) is 20.4. The molecule has 3 aliphatic rings. The van der Waals surface area contributed by atoms with Gasteiger partial charge in [0, 0.05) is 68.2 Å². The average molecular weight is 676 g/mol. The van der Waals surface area contributed by atoms with Gasteiger partial charge in [-0.1, -0.05) is 36.9 Å². The van der Waals surface area contributed by atoms with Gasteiger partial charge in [0.05, 0.1) is 12.2 Å². The first-order chi connectivity index (χ1) is 23.3. The molecule has 1 saturated carbocycles. The van der Waals surface area contributed by atoms with Crippen molar-refractivity contribution in [2.75, 3.05) is 56.1 Å². The SMILES string of the molecule is [C-]#[N+]C[C@H]1CN(c2nc(O[C@H](C)CN(C)[C@@H](C)C3CC(F)(F)C3)nc3c2CCN(c2cccc4cccc(C)c24)C3)CCN1C(=O)C(=C)F. The first kappa shape index (κ1) is 34.5. The molecule has 12 heteroatoms. The second-order valence-corrected chi connectivity index (χ2v) is 13.9. The lowest BCUT2D eigenvalue weighted by molar-refractivity contribution is -0.131. The van der Waals surface area contributed by atoms with E-state index in [4.69, 9.17) is 21.3 Å². The molecule has 2 aliphatic heterocycles. The van der Waals surface area contributed by atoms with Crippen LogP contribution in [0, 0.1) is 19.4 Å². The van der Waals surface area contributed by atoms with Gasteiger partial charge in [0.25, 0.3) is 5.91 Å². The number of benzene rings is 2. The van der Waals surface area contributed by atoms with E-state index in [9.17, 15) is 18.0 Å². The highest BCUT2D eigenvalue weighted by Crippen LogP contribution is 2.45. The van der Waals surface area contributed by atoms with Crippen molar-refractivity contribution in [1.82, 2.24) is 19.8 Å². The number of ether oxygens (including phenoxy) is 1. The molecule has 0 radical (unpaired) electrons. The number of hydrogen-bond acceptors (Lipinski definition) is 7. The van der Waals surface area contributed by atoms with Crippen molar-refractivity contribution >= 4 is 28.2 Å². The Morgan fingerprint density at radius 1 is 1.14 bits per heavy atom. The van der Waals surface area contributed by atoms with Gasteiger partial charge in [0.2, 0.25) is 12.5 Å². The van der Waals surface area contributed by atoms with E-state index in [0.29, 0.717) is 38.4 Å². The maximum Gasteiger partial charge on any atom is 0.318 e. The molecular weight excluding hydrogens is 631 g/mol. The van der Waals surface area contributed by atoms with E-state index < -0.39 is 23.7 Å². The molecule has 0 bridgehead atoms. The number of anilines is 2. The number of carbonyl (C=O) groups is 1. The molecule has 49 heavy (non-hydrogen) atoms. The maximum atomic E-state index is 13.9. The highest BCUT2D eigenvalue weighted by molar-refractivity contribution is 5.97. The van der Waals surface area contributed by atoms with Gasteiger partial charge in [0.1, 0.15) is 18.0 Å². The number of alkyl halides is 2. The Bertz CT molecular complexity index is 1770. The van der Waals surface area contributed by atoms with Crippen LogP contribution in [0.15, 0.2) is 48.8 Å². The van der Waals surface area contributed by atoms with Gasteiger partial charge in [-0.3, -0.25) is 9.69 Å². The van der Waals surface area contributed by atoms with Crippen LogP contribution in [0.4, 0.5) is 24.7 Å². The minimum absolute atomic E-state index is 0.0227. The zero-order valence-electron chi connectivity index (χ0n) is 28.6. The van der Waals surface area contributed by atoms with Crippen LogP contribution in [0.1, 0.15) is 43.5 Å². The lowest BCUT2D eigenvalue weighted by Gasteiger charge is -2.42. The molecule has 0 spiro atoms. The van der Waals surface area contributed by atoms with Gasteiger partial charge < -0.3 is 24.3 Å². The van der Waals surface area contributed by atoms with Crippen molar-refractivity contribution < 1.29 is 22.7 Å². The number of hydrogen-bond donors (Lipinski definition) is 0.